The molecule has 5 atom stereocenters. The van der Waals surface area contributed by atoms with E-state index in [0.717, 1.165) is 6.42 Å². The third-order valence-corrected chi connectivity index (χ3v) is 3.52. The van der Waals surface area contributed by atoms with Gasteiger partial charge in [-0.3, -0.25) is 4.79 Å². The maximum absolute atomic E-state index is 11.1. The van der Waals surface area contributed by atoms with Crippen LogP contribution in [0.25, 0.3) is 0 Å². The normalized spacial score (nSPS) is 62.9. The minimum absolute atomic E-state index is 0.118. The van der Waals surface area contributed by atoms with Crippen LogP contribution in [0.4, 0.5) is 0 Å². The van der Waals surface area contributed by atoms with Crippen LogP contribution in [0.1, 0.15) is 12.8 Å². The number of aliphatic hydroxyl groups is 1. The van der Waals surface area contributed by atoms with Crippen LogP contribution in [0.5, 0.6) is 0 Å². The number of rotatable bonds is 0. The smallest absolute Gasteiger partial charge is 0.137 e. The van der Waals surface area contributed by atoms with Crippen molar-refractivity contribution in [3.05, 3.63) is 0 Å². The van der Waals surface area contributed by atoms with Gasteiger partial charge < -0.3 is 5.11 Å². The highest BCUT2D eigenvalue weighted by Crippen LogP contribution is 2.64. The Morgan fingerprint density at radius 3 is 2.70 bits per heavy atom. The van der Waals surface area contributed by atoms with Gasteiger partial charge in [0, 0.05) is 12.3 Å². The summed E-state index contributed by atoms with van der Waals surface area (Å²) in [6, 6.07) is 0. The van der Waals surface area contributed by atoms with Crippen molar-refractivity contribution >= 4 is 5.78 Å². The molecule has 0 aromatic heterocycles. The zero-order valence-electron chi connectivity index (χ0n) is 5.66. The molecule has 4 saturated carbocycles. The lowest BCUT2D eigenvalue weighted by Gasteiger charge is -2.24. The Morgan fingerprint density at radius 2 is 2.30 bits per heavy atom. The van der Waals surface area contributed by atoms with Gasteiger partial charge in [-0.15, -0.1) is 0 Å². The van der Waals surface area contributed by atoms with E-state index in [1.54, 1.807) is 0 Å². The first-order valence-corrected chi connectivity index (χ1v) is 4.00. The monoisotopic (exact) mass is 138 g/mol. The van der Waals surface area contributed by atoms with E-state index < -0.39 is 0 Å². The van der Waals surface area contributed by atoms with Gasteiger partial charge in [0.2, 0.25) is 0 Å². The Kier molecular flexibility index (Phi) is 0.691. The molecule has 2 nitrogen and oxygen atoms in total. The fourth-order valence-electron chi connectivity index (χ4n) is 3.03. The maximum atomic E-state index is 11.1. The molecule has 4 fully saturated rings. The fourth-order valence-corrected chi connectivity index (χ4v) is 3.03. The van der Waals surface area contributed by atoms with Crippen LogP contribution in [0.3, 0.4) is 0 Å². The summed E-state index contributed by atoms with van der Waals surface area (Å²) in [6.07, 6.45) is 1.67. The maximum Gasteiger partial charge on any atom is 0.137 e. The molecule has 4 aliphatic carbocycles. The van der Waals surface area contributed by atoms with Crippen molar-refractivity contribution in [2.45, 2.75) is 18.9 Å². The van der Waals surface area contributed by atoms with E-state index in [9.17, 15) is 9.90 Å². The lowest BCUT2D eigenvalue weighted by atomic mass is 9.83. The fraction of sp³-hybridized carbons (Fsp3) is 0.875. The lowest BCUT2D eigenvalue weighted by Crippen LogP contribution is -2.31. The standard InChI is InChI=1S/C8H10O2/c9-5-2-3-1-4-6(5)7(4)8(3)10/h3-4,6-8,10H,1-2H2/t3-,4+,6+,7+,8-/m1/s1. The Labute approximate surface area is 59.2 Å². The van der Waals surface area contributed by atoms with Crippen LogP contribution in [0.15, 0.2) is 0 Å². The van der Waals surface area contributed by atoms with Crippen molar-refractivity contribution in [1.29, 1.82) is 0 Å². The van der Waals surface area contributed by atoms with Gasteiger partial charge in [0.25, 0.3) is 0 Å². The second kappa shape index (κ2) is 1.30. The molecule has 4 rings (SSSR count). The summed E-state index contributed by atoms with van der Waals surface area (Å²) in [7, 11) is 0. The molecular formula is C8H10O2. The highest BCUT2D eigenvalue weighted by molar-refractivity contribution is 5.87. The van der Waals surface area contributed by atoms with Crippen molar-refractivity contribution in [1.82, 2.24) is 0 Å². The van der Waals surface area contributed by atoms with Gasteiger partial charge in [0.05, 0.1) is 6.10 Å². The third-order valence-electron chi connectivity index (χ3n) is 3.52. The number of Topliss-reactive ketones (excluding diaryl/α,β-unsaturated/α-hetero) is 1. The van der Waals surface area contributed by atoms with E-state index in [0.29, 0.717) is 35.9 Å². The number of fused-ring (bicyclic) bond motifs is 1. The van der Waals surface area contributed by atoms with E-state index in [1.807, 2.05) is 0 Å². The summed E-state index contributed by atoms with van der Waals surface area (Å²) >= 11 is 0. The SMILES string of the molecule is O=C1C[C@H]2C[C@H]3[C@@H]1[C@H]3[C@@H]2O. The number of aliphatic hydroxyl groups excluding tert-OH is 1. The minimum Gasteiger partial charge on any atom is -0.393 e. The summed E-state index contributed by atoms with van der Waals surface area (Å²) in [4.78, 5) is 11.1. The van der Waals surface area contributed by atoms with Crippen molar-refractivity contribution < 1.29 is 9.90 Å². The highest BCUT2D eigenvalue weighted by Gasteiger charge is 2.67. The molecule has 0 radical (unpaired) electrons. The van der Waals surface area contributed by atoms with Crippen molar-refractivity contribution in [3.63, 3.8) is 0 Å². The second-order valence-electron chi connectivity index (χ2n) is 3.92. The molecule has 54 valence electrons. The molecule has 4 aliphatic rings. The molecule has 0 heterocycles. The quantitative estimate of drug-likeness (QED) is 0.519. The minimum atomic E-state index is -0.118. The van der Waals surface area contributed by atoms with E-state index in [-0.39, 0.29) is 6.10 Å². The van der Waals surface area contributed by atoms with E-state index >= 15 is 0 Å². The van der Waals surface area contributed by atoms with Gasteiger partial charge in [-0.2, -0.15) is 0 Å². The number of ketones is 1. The third kappa shape index (κ3) is 0.382. The lowest BCUT2D eigenvalue weighted by molar-refractivity contribution is -0.126. The first-order chi connectivity index (χ1) is 4.79. The molecule has 10 heavy (non-hydrogen) atoms. The Bertz CT molecular complexity index is 209. The molecule has 4 bridgehead atoms. The van der Waals surface area contributed by atoms with Crippen LogP contribution in [0, 0.1) is 23.7 Å². The molecule has 0 aromatic rings. The van der Waals surface area contributed by atoms with Gasteiger partial charge in [0.15, 0.2) is 0 Å². The van der Waals surface area contributed by atoms with E-state index in [4.69, 9.17) is 0 Å². The Hall–Kier alpha value is -0.370. The Balaban J connectivity index is 2.01. The molecule has 0 aliphatic heterocycles. The van der Waals surface area contributed by atoms with Gasteiger partial charge in [-0.05, 0) is 24.2 Å². The number of carbonyl (C=O) groups is 1. The predicted octanol–water partition coefficient (Wildman–Crippen LogP) is 0.202. The van der Waals surface area contributed by atoms with Crippen LogP contribution in [-0.4, -0.2) is 17.0 Å². The number of hydrogen-bond donors (Lipinski definition) is 1. The van der Waals surface area contributed by atoms with Crippen molar-refractivity contribution in [2.75, 3.05) is 0 Å². The van der Waals surface area contributed by atoms with Crippen LogP contribution in [-0.2, 0) is 4.79 Å². The van der Waals surface area contributed by atoms with Crippen LogP contribution in [0.2, 0.25) is 0 Å². The van der Waals surface area contributed by atoms with E-state index in [2.05, 4.69) is 0 Å². The summed E-state index contributed by atoms with van der Waals surface area (Å²) in [5.74, 6) is 2.05. The average molecular weight is 138 g/mol. The summed E-state index contributed by atoms with van der Waals surface area (Å²) < 4.78 is 0. The molecule has 0 saturated heterocycles. The van der Waals surface area contributed by atoms with Crippen LogP contribution >= 0.6 is 0 Å². The average Bonchev–Trinajstić information content (AvgIpc) is 2.54. The molecule has 0 amide bonds. The first kappa shape index (κ1) is 5.30. The summed E-state index contributed by atoms with van der Waals surface area (Å²) in [5, 5.41) is 9.50. The van der Waals surface area contributed by atoms with Crippen molar-refractivity contribution in [3.8, 4) is 0 Å². The first-order valence-electron chi connectivity index (χ1n) is 4.00. The van der Waals surface area contributed by atoms with Gasteiger partial charge in [-0.25, -0.2) is 0 Å². The van der Waals surface area contributed by atoms with Gasteiger partial charge in [-0.1, -0.05) is 0 Å². The van der Waals surface area contributed by atoms with Gasteiger partial charge >= 0.3 is 0 Å². The zero-order chi connectivity index (χ0) is 6.88. The molecular weight excluding hydrogens is 128 g/mol. The molecule has 0 spiro atoms. The molecule has 0 aromatic carbocycles. The number of carbonyl (C=O) groups excluding carboxylic acids is 1. The van der Waals surface area contributed by atoms with Gasteiger partial charge in [0.1, 0.15) is 5.78 Å². The zero-order valence-corrected chi connectivity index (χ0v) is 5.66. The second-order valence-corrected chi connectivity index (χ2v) is 3.92. The summed E-state index contributed by atoms with van der Waals surface area (Å²) in [6.45, 7) is 0. The Morgan fingerprint density at radius 1 is 1.50 bits per heavy atom. The molecule has 2 heteroatoms. The number of hydrogen-bond acceptors (Lipinski definition) is 2. The van der Waals surface area contributed by atoms with Crippen LogP contribution < -0.4 is 0 Å². The molecule has 1 N–H and O–H groups in total. The van der Waals surface area contributed by atoms with Crippen molar-refractivity contribution in [2.24, 2.45) is 23.7 Å². The van der Waals surface area contributed by atoms with E-state index in [1.165, 1.54) is 0 Å². The summed E-state index contributed by atoms with van der Waals surface area (Å²) in [5.41, 5.74) is 0. The predicted molar refractivity (Wildman–Crippen MR) is 34.2 cm³/mol. The molecule has 0 unspecified atom stereocenters. The largest absolute Gasteiger partial charge is 0.393 e. The highest BCUT2D eigenvalue weighted by atomic mass is 16.3. The topological polar surface area (TPSA) is 37.3 Å².